The molecule has 2 aromatic rings. The molecule has 9 heteroatoms. The first-order valence-electron chi connectivity index (χ1n) is 8.43. The van der Waals surface area contributed by atoms with E-state index in [1.165, 1.54) is 12.3 Å². The Bertz CT molecular complexity index is 934. The molecule has 2 aliphatic heterocycles. The Hall–Kier alpha value is -2.41. The fraction of sp³-hybridized carbons (Fsp3) is 0.333. The Morgan fingerprint density at radius 2 is 2.37 bits per heavy atom. The molecule has 0 bridgehead atoms. The molecule has 1 fully saturated rings. The lowest BCUT2D eigenvalue weighted by atomic mass is 9.80. The lowest BCUT2D eigenvalue weighted by Crippen LogP contribution is -2.46. The molecule has 2 atom stereocenters. The van der Waals surface area contributed by atoms with E-state index in [-0.39, 0.29) is 23.1 Å². The Balaban J connectivity index is 1.56. The number of nitrogens with one attached hydrogen (secondary N) is 1. The summed E-state index contributed by atoms with van der Waals surface area (Å²) in [5.41, 5.74) is 7.05. The number of pyridine rings is 1. The fourth-order valence-corrected chi connectivity index (χ4v) is 5.41. The number of hydrogen-bond donors (Lipinski definition) is 2. The molecule has 4 rings (SSSR count). The van der Waals surface area contributed by atoms with E-state index in [0.717, 1.165) is 17.1 Å². The normalized spacial score (nSPS) is 24.4. The van der Waals surface area contributed by atoms with Crippen molar-refractivity contribution >= 4 is 39.9 Å². The van der Waals surface area contributed by atoms with E-state index < -0.39 is 0 Å². The van der Waals surface area contributed by atoms with Gasteiger partial charge in [-0.2, -0.15) is 5.26 Å². The van der Waals surface area contributed by atoms with Crippen LogP contribution in [-0.2, 0) is 10.3 Å². The standard InChI is InChI=1S/C18H17N5O2S2/c19-6-11-1-2-14(21-7-11)16(24)22-13-5-15(26-10-13)18-3-4-25-8-12(18)9-27-17(20)23-18/h1-2,5,7,10,12H,3-4,8-9H2,(H2,20,23)(H,22,24). The maximum Gasteiger partial charge on any atom is 0.274 e. The number of amidine groups is 1. The van der Waals surface area contributed by atoms with Crippen molar-refractivity contribution < 1.29 is 9.53 Å². The van der Waals surface area contributed by atoms with Crippen LogP contribution in [-0.4, -0.2) is 35.0 Å². The summed E-state index contributed by atoms with van der Waals surface area (Å²) >= 11 is 3.14. The van der Waals surface area contributed by atoms with Crippen LogP contribution in [0.4, 0.5) is 5.69 Å². The summed E-state index contributed by atoms with van der Waals surface area (Å²) in [7, 11) is 0. The van der Waals surface area contributed by atoms with Gasteiger partial charge in [0.1, 0.15) is 17.3 Å². The minimum Gasteiger partial charge on any atom is -0.381 e. The lowest BCUT2D eigenvalue weighted by molar-refractivity contribution is 0.0114. The summed E-state index contributed by atoms with van der Waals surface area (Å²) in [5, 5.41) is 14.2. The highest BCUT2D eigenvalue weighted by Gasteiger charge is 2.46. The van der Waals surface area contributed by atoms with Gasteiger partial charge in [0.05, 0.1) is 17.9 Å². The van der Waals surface area contributed by atoms with Crippen molar-refractivity contribution in [2.75, 3.05) is 24.3 Å². The van der Waals surface area contributed by atoms with Crippen molar-refractivity contribution in [2.45, 2.75) is 12.0 Å². The number of nitrogens with zero attached hydrogens (tertiary/aromatic N) is 3. The zero-order chi connectivity index (χ0) is 18.9. The van der Waals surface area contributed by atoms with Crippen LogP contribution in [0.2, 0.25) is 0 Å². The fourth-order valence-electron chi connectivity index (χ4n) is 3.34. The quantitative estimate of drug-likeness (QED) is 0.820. The van der Waals surface area contributed by atoms with E-state index in [1.807, 2.05) is 17.5 Å². The van der Waals surface area contributed by atoms with E-state index in [0.29, 0.717) is 29.6 Å². The van der Waals surface area contributed by atoms with Crippen molar-refractivity contribution in [1.29, 1.82) is 5.26 Å². The maximum absolute atomic E-state index is 12.4. The molecule has 0 saturated carbocycles. The van der Waals surface area contributed by atoms with Crippen LogP contribution in [0.3, 0.4) is 0 Å². The third-order valence-electron chi connectivity index (χ3n) is 4.77. The first-order chi connectivity index (χ1) is 13.1. The van der Waals surface area contributed by atoms with Crippen molar-refractivity contribution in [2.24, 2.45) is 16.6 Å². The predicted molar refractivity (Wildman–Crippen MR) is 106 cm³/mol. The summed E-state index contributed by atoms with van der Waals surface area (Å²) in [6, 6.07) is 7.07. The molecule has 0 aromatic carbocycles. The third kappa shape index (κ3) is 3.43. The van der Waals surface area contributed by atoms with Crippen molar-refractivity contribution in [1.82, 2.24) is 4.98 Å². The molecule has 27 heavy (non-hydrogen) atoms. The summed E-state index contributed by atoms with van der Waals surface area (Å²) in [5.74, 6) is 0.836. The molecule has 0 spiro atoms. The average Bonchev–Trinajstić information content (AvgIpc) is 3.17. The van der Waals surface area contributed by atoms with Crippen molar-refractivity contribution in [3.8, 4) is 6.07 Å². The van der Waals surface area contributed by atoms with Gasteiger partial charge in [-0.15, -0.1) is 11.3 Å². The molecule has 2 aromatic heterocycles. The van der Waals surface area contributed by atoms with Gasteiger partial charge >= 0.3 is 0 Å². The Kier molecular flexibility index (Phi) is 4.86. The number of nitrogens with two attached hydrogens (primary N) is 1. The van der Waals surface area contributed by atoms with E-state index >= 15 is 0 Å². The monoisotopic (exact) mass is 399 g/mol. The van der Waals surface area contributed by atoms with E-state index in [1.54, 1.807) is 29.2 Å². The number of thiophene rings is 1. The number of ether oxygens (including phenoxy) is 1. The lowest BCUT2D eigenvalue weighted by Gasteiger charge is -2.42. The number of carbonyl (C=O) groups excluding carboxylic acids is 1. The summed E-state index contributed by atoms with van der Waals surface area (Å²) in [4.78, 5) is 22.3. The highest BCUT2D eigenvalue weighted by atomic mass is 32.2. The first-order valence-corrected chi connectivity index (χ1v) is 10.3. The van der Waals surface area contributed by atoms with Crippen LogP contribution in [0, 0.1) is 17.2 Å². The van der Waals surface area contributed by atoms with Crippen LogP contribution in [0.1, 0.15) is 27.3 Å². The van der Waals surface area contributed by atoms with Crippen molar-refractivity contribution in [3.05, 3.63) is 45.9 Å². The molecular formula is C18H17N5O2S2. The van der Waals surface area contributed by atoms with Gasteiger partial charge in [0.25, 0.3) is 5.91 Å². The Labute approximate surface area is 164 Å². The highest BCUT2D eigenvalue weighted by molar-refractivity contribution is 8.13. The number of aromatic nitrogens is 1. The molecule has 0 radical (unpaired) electrons. The van der Waals surface area contributed by atoms with Gasteiger partial charge < -0.3 is 15.8 Å². The van der Waals surface area contributed by atoms with Gasteiger partial charge in [0.2, 0.25) is 0 Å². The topological polar surface area (TPSA) is 113 Å². The van der Waals surface area contributed by atoms with Crippen molar-refractivity contribution in [3.63, 3.8) is 0 Å². The van der Waals surface area contributed by atoms with Gasteiger partial charge in [0.15, 0.2) is 5.17 Å². The SMILES string of the molecule is N#Cc1ccc(C(=O)Nc2csc(C34CCOCC3CSC(N)=N4)c2)nc1. The average molecular weight is 400 g/mol. The third-order valence-corrected chi connectivity index (χ3v) is 6.83. The molecule has 1 saturated heterocycles. The van der Waals surface area contributed by atoms with Crippen LogP contribution in [0.25, 0.3) is 0 Å². The van der Waals surface area contributed by atoms with E-state index in [2.05, 4.69) is 10.3 Å². The highest BCUT2D eigenvalue weighted by Crippen LogP contribution is 2.47. The van der Waals surface area contributed by atoms with Gasteiger partial charge in [-0.1, -0.05) is 11.8 Å². The number of aliphatic imine (C=N–C) groups is 1. The van der Waals surface area contributed by atoms with Crippen LogP contribution >= 0.6 is 23.1 Å². The molecule has 1 amide bonds. The number of anilines is 1. The molecule has 0 aliphatic carbocycles. The Morgan fingerprint density at radius 3 is 3.15 bits per heavy atom. The Morgan fingerprint density at radius 1 is 1.48 bits per heavy atom. The second-order valence-corrected chi connectivity index (χ2v) is 8.36. The largest absolute Gasteiger partial charge is 0.381 e. The molecule has 7 nitrogen and oxygen atoms in total. The smallest absolute Gasteiger partial charge is 0.274 e. The van der Waals surface area contributed by atoms with Crippen LogP contribution in [0.15, 0.2) is 34.8 Å². The molecule has 4 heterocycles. The second kappa shape index (κ2) is 7.31. The summed E-state index contributed by atoms with van der Waals surface area (Å²) < 4.78 is 5.65. The van der Waals surface area contributed by atoms with E-state index in [9.17, 15) is 4.79 Å². The number of nitriles is 1. The number of fused-ring (bicyclic) bond motifs is 1. The summed E-state index contributed by atoms with van der Waals surface area (Å²) in [6.45, 7) is 1.31. The number of carbonyl (C=O) groups is 1. The van der Waals surface area contributed by atoms with E-state index in [4.69, 9.17) is 20.7 Å². The van der Waals surface area contributed by atoms with Gasteiger partial charge in [-0.25, -0.2) is 9.98 Å². The van der Waals surface area contributed by atoms with Gasteiger partial charge in [-0.05, 0) is 18.2 Å². The molecular weight excluding hydrogens is 382 g/mol. The summed E-state index contributed by atoms with van der Waals surface area (Å²) in [6.07, 6.45) is 2.17. The molecule has 138 valence electrons. The predicted octanol–water partition coefficient (Wildman–Crippen LogP) is 2.56. The zero-order valence-corrected chi connectivity index (χ0v) is 16.0. The first kappa shape index (κ1) is 18.0. The minimum atomic E-state index is -0.367. The minimum absolute atomic E-state index is 0.264. The zero-order valence-electron chi connectivity index (χ0n) is 14.3. The van der Waals surface area contributed by atoms with Gasteiger partial charge in [-0.3, -0.25) is 4.79 Å². The number of hydrogen-bond acceptors (Lipinski definition) is 8. The van der Waals surface area contributed by atoms with Gasteiger partial charge in [0, 0.05) is 41.2 Å². The van der Waals surface area contributed by atoms with Crippen LogP contribution in [0.5, 0.6) is 0 Å². The molecule has 3 N–H and O–H groups in total. The number of thioether (sulfide) groups is 1. The maximum atomic E-state index is 12.4. The second-order valence-electron chi connectivity index (χ2n) is 6.40. The van der Waals surface area contributed by atoms with Crippen LogP contribution < -0.4 is 11.1 Å². The number of amides is 1. The number of rotatable bonds is 3. The molecule has 2 unspecified atom stereocenters. The molecule has 2 aliphatic rings.